The Hall–Kier alpha value is -1.33. The van der Waals surface area contributed by atoms with Crippen molar-refractivity contribution in [3.63, 3.8) is 0 Å². The van der Waals surface area contributed by atoms with E-state index in [2.05, 4.69) is 21.3 Å². The number of nitrogens with zero attached hydrogens (tertiary/aromatic N) is 2. The number of hydrogen-bond acceptors (Lipinski definition) is 5. The summed E-state index contributed by atoms with van der Waals surface area (Å²) in [6.07, 6.45) is 5.71. The zero-order chi connectivity index (χ0) is 14.7. The second kappa shape index (κ2) is 6.62. The van der Waals surface area contributed by atoms with Crippen LogP contribution in [0.5, 0.6) is 0 Å². The molecule has 5 heteroatoms. The molecule has 2 fully saturated rings. The van der Waals surface area contributed by atoms with E-state index < -0.39 is 0 Å². The zero-order valence-electron chi connectivity index (χ0n) is 12.9. The number of ether oxygens (including phenoxy) is 2. The molecule has 1 aliphatic carbocycles. The van der Waals surface area contributed by atoms with Gasteiger partial charge in [0.25, 0.3) is 0 Å². The minimum absolute atomic E-state index is 0.122. The van der Waals surface area contributed by atoms with Crippen LogP contribution < -0.4 is 10.2 Å². The van der Waals surface area contributed by atoms with Gasteiger partial charge in [-0.1, -0.05) is 0 Å². The number of hydrogen-bond donors (Lipinski definition) is 1. The van der Waals surface area contributed by atoms with Crippen molar-refractivity contribution in [3.05, 3.63) is 18.3 Å². The molecule has 1 saturated carbocycles. The molecule has 1 saturated heterocycles. The fourth-order valence-corrected chi connectivity index (χ4v) is 3.31. The first-order valence-electron chi connectivity index (χ1n) is 7.94. The lowest BCUT2D eigenvalue weighted by Crippen LogP contribution is -2.57. The normalized spacial score (nSPS) is 28.5. The minimum Gasteiger partial charge on any atom is -0.377 e. The topological polar surface area (TPSA) is 46.6 Å². The smallest absolute Gasteiger partial charge is 0.151 e. The van der Waals surface area contributed by atoms with Gasteiger partial charge >= 0.3 is 0 Å². The first-order chi connectivity index (χ1) is 10.3. The van der Waals surface area contributed by atoms with Crippen LogP contribution in [0.3, 0.4) is 0 Å². The second-order valence-corrected chi connectivity index (χ2v) is 5.75. The molecule has 1 N–H and O–H groups in total. The van der Waals surface area contributed by atoms with Crippen LogP contribution in [0.1, 0.15) is 26.2 Å². The Balaban J connectivity index is 1.68. The van der Waals surface area contributed by atoms with Gasteiger partial charge in [0.15, 0.2) is 5.82 Å². The van der Waals surface area contributed by atoms with Crippen molar-refractivity contribution in [3.8, 4) is 0 Å². The van der Waals surface area contributed by atoms with Gasteiger partial charge in [0, 0.05) is 33.0 Å². The summed E-state index contributed by atoms with van der Waals surface area (Å²) in [4.78, 5) is 6.93. The van der Waals surface area contributed by atoms with Crippen molar-refractivity contribution in [1.82, 2.24) is 4.98 Å². The molecule has 5 nitrogen and oxygen atoms in total. The highest BCUT2D eigenvalue weighted by molar-refractivity contribution is 5.66. The summed E-state index contributed by atoms with van der Waals surface area (Å²) in [5, 5.41) is 3.60. The molecule has 116 valence electrons. The van der Waals surface area contributed by atoms with Crippen LogP contribution >= 0.6 is 0 Å². The molecule has 2 heterocycles. The van der Waals surface area contributed by atoms with E-state index in [0.717, 1.165) is 37.6 Å². The van der Waals surface area contributed by atoms with E-state index in [0.29, 0.717) is 6.04 Å². The van der Waals surface area contributed by atoms with E-state index in [1.54, 1.807) is 7.11 Å². The lowest BCUT2D eigenvalue weighted by molar-refractivity contribution is -0.118. The van der Waals surface area contributed by atoms with E-state index in [4.69, 9.17) is 9.47 Å². The Morgan fingerprint density at radius 2 is 2.19 bits per heavy atom. The zero-order valence-corrected chi connectivity index (χ0v) is 12.9. The molecule has 0 spiro atoms. The molecular weight excluding hydrogens is 266 g/mol. The van der Waals surface area contributed by atoms with Gasteiger partial charge in [-0.25, -0.2) is 4.98 Å². The predicted molar refractivity (Wildman–Crippen MR) is 83.9 cm³/mol. The molecule has 21 heavy (non-hydrogen) atoms. The van der Waals surface area contributed by atoms with Crippen molar-refractivity contribution in [2.75, 3.05) is 37.0 Å². The maximum Gasteiger partial charge on any atom is 0.151 e. The molecule has 0 radical (unpaired) electrons. The summed E-state index contributed by atoms with van der Waals surface area (Å²) in [7, 11) is 1.76. The van der Waals surface area contributed by atoms with E-state index in [9.17, 15) is 0 Å². The molecule has 3 atom stereocenters. The van der Waals surface area contributed by atoms with Crippen molar-refractivity contribution >= 4 is 11.5 Å². The molecule has 1 aromatic heterocycles. The maximum atomic E-state index is 5.69. The highest BCUT2D eigenvalue weighted by Crippen LogP contribution is 2.33. The summed E-state index contributed by atoms with van der Waals surface area (Å²) in [6, 6.07) is 4.40. The van der Waals surface area contributed by atoms with Crippen LogP contribution in [0, 0.1) is 0 Å². The number of rotatable bonds is 6. The molecule has 1 aliphatic heterocycles. The van der Waals surface area contributed by atoms with Gasteiger partial charge in [0.05, 0.1) is 17.8 Å². The van der Waals surface area contributed by atoms with Crippen LogP contribution in [0.2, 0.25) is 0 Å². The Bertz CT molecular complexity index is 463. The molecule has 0 aromatic carbocycles. The monoisotopic (exact) mass is 291 g/mol. The summed E-state index contributed by atoms with van der Waals surface area (Å²) in [5.74, 6) is 1.07. The van der Waals surface area contributed by atoms with E-state index in [1.807, 2.05) is 19.2 Å². The fraction of sp³-hybridized carbons (Fsp3) is 0.688. The van der Waals surface area contributed by atoms with Crippen LogP contribution in [-0.2, 0) is 9.47 Å². The Labute approximate surface area is 126 Å². The first-order valence-corrected chi connectivity index (χ1v) is 7.94. The summed E-state index contributed by atoms with van der Waals surface area (Å²) in [5.41, 5.74) is 1.11. The number of anilines is 2. The van der Waals surface area contributed by atoms with Crippen LogP contribution in [-0.4, -0.2) is 50.0 Å². The van der Waals surface area contributed by atoms with Gasteiger partial charge in [-0.3, -0.25) is 0 Å². The summed E-state index contributed by atoms with van der Waals surface area (Å²) in [6.45, 7) is 4.97. The average molecular weight is 291 g/mol. The molecule has 0 amide bonds. The molecular formula is C16H25N3O2. The number of methoxy groups -OCH3 is 1. The van der Waals surface area contributed by atoms with Gasteiger partial charge in [0.1, 0.15) is 6.10 Å². The number of aromatic nitrogens is 1. The fourth-order valence-electron chi connectivity index (χ4n) is 3.31. The van der Waals surface area contributed by atoms with Crippen molar-refractivity contribution in [1.29, 1.82) is 0 Å². The van der Waals surface area contributed by atoms with E-state index in [1.165, 1.54) is 12.8 Å². The van der Waals surface area contributed by atoms with Gasteiger partial charge < -0.3 is 19.7 Å². The quantitative estimate of drug-likeness (QED) is 0.871. The van der Waals surface area contributed by atoms with Crippen LogP contribution in [0.4, 0.5) is 11.5 Å². The molecule has 3 rings (SSSR count). The molecule has 3 unspecified atom stereocenters. The van der Waals surface area contributed by atoms with Crippen molar-refractivity contribution in [2.24, 2.45) is 0 Å². The third kappa shape index (κ3) is 2.99. The Kier molecular flexibility index (Phi) is 4.60. The lowest BCUT2D eigenvalue weighted by atomic mass is 9.85. The summed E-state index contributed by atoms with van der Waals surface area (Å²) >= 11 is 0. The van der Waals surface area contributed by atoms with Gasteiger partial charge in [-0.15, -0.1) is 0 Å². The Morgan fingerprint density at radius 1 is 1.38 bits per heavy atom. The van der Waals surface area contributed by atoms with E-state index in [-0.39, 0.29) is 12.2 Å². The Morgan fingerprint density at radius 3 is 2.90 bits per heavy atom. The van der Waals surface area contributed by atoms with Gasteiger partial charge in [0.2, 0.25) is 0 Å². The number of nitrogens with one attached hydrogen (secondary N) is 1. The number of pyridine rings is 1. The second-order valence-electron chi connectivity index (χ2n) is 5.75. The molecule has 1 aromatic rings. The van der Waals surface area contributed by atoms with Crippen LogP contribution in [0.15, 0.2) is 18.3 Å². The largest absolute Gasteiger partial charge is 0.377 e. The van der Waals surface area contributed by atoms with Gasteiger partial charge in [-0.05, 0) is 38.3 Å². The average Bonchev–Trinajstić information content (AvgIpc) is 3.01. The summed E-state index contributed by atoms with van der Waals surface area (Å²) < 4.78 is 11.3. The SMILES string of the molecule is CCOC1CC(Nc2cccnc2N2CCCC2)C1OC. The minimum atomic E-state index is 0.122. The van der Waals surface area contributed by atoms with Crippen molar-refractivity contribution < 1.29 is 9.47 Å². The highest BCUT2D eigenvalue weighted by atomic mass is 16.5. The molecule has 2 aliphatic rings. The lowest BCUT2D eigenvalue weighted by Gasteiger charge is -2.44. The predicted octanol–water partition coefficient (Wildman–Crippen LogP) is 2.29. The standard InChI is InChI=1S/C16H25N3O2/c1-3-21-14-11-13(15(14)20-2)18-12-7-6-8-17-16(12)19-9-4-5-10-19/h6-8,13-15,18H,3-5,9-11H2,1-2H3. The van der Waals surface area contributed by atoms with Crippen molar-refractivity contribution in [2.45, 2.75) is 44.4 Å². The maximum absolute atomic E-state index is 5.69. The van der Waals surface area contributed by atoms with Gasteiger partial charge in [-0.2, -0.15) is 0 Å². The third-order valence-corrected chi connectivity index (χ3v) is 4.44. The first kappa shape index (κ1) is 14.6. The molecule has 0 bridgehead atoms. The van der Waals surface area contributed by atoms with E-state index >= 15 is 0 Å². The third-order valence-electron chi connectivity index (χ3n) is 4.44. The van der Waals surface area contributed by atoms with Crippen LogP contribution in [0.25, 0.3) is 0 Å². The highest BCUT2D eigenvalue weighted by Gasteiger charge is 2.42.